The minimum atomic E-state index is -0.737. The molecule has 3 N–H and O–H groups in total. The van der Waals surface area contributed by atoms with Crippen molar-refractivity contribution in [3.05, 3.63) is 60.2 Å². The Hall–Kier alpha value is -2.66. The van der Waals surface area contributed by atoms with Crippen molar-refractivity contribution in [2.45, 2.75) is 31.4 Å². The number of amides is 2. The summed E-state index contributed by atoms with van der Waals surface area (Å²) in [5, 5.41) is 2.71. The Kier molecular flexibility index (Phi) is 5.46. The van der Waals surface area contributed by atoms with E-state index in [1.807, 2.05) is 54.6 Å². The average molecular weight is 338 g/mol. The first kappa shape index (κ1) is 17.2. The molecule has 25 heavy (non-hydrogen) atoms. The lowest BCUT2D eigenvalue weighted by Gasteiger charge is -2.18. The highest BCUT2D eigenvalue weighted by Crippen LogP contribution is 2.20. The molecule has 2 amide bonds. The van der Waals surface area contributed by atoms with Gasteiger partial charge in [0.15, 0.2) is 0 Å². The largest absolute Gasteiger partial charge is 0.368 e. The van der Waals surface area contributed by atoms with Crippen LogP contribution in [-0.2, 0) is 20.7 Å². The van der Waals surface area contributed by atoms with E-state index in [0.29, 0.717) is 19.4 Å². The monoisotopic (exact) mass is 338 g/mol. The Morgan fingerprint density at radius 3 is 2.36 bits per heavy atom. The van der Waals surface area contributed by atoms with Crippen LogP contribution < -0.4 is 11.1 Å². The van der Waals surface area contributed by atoms with Gasteiger partial charge in [-0.15, -0.1) is 0 Å². The molecule has 2 aromatic carbocycles. The van der Waals surface area contributed by atoms with E-state index >= 15 is 0 Å². The summed E-state index contributed by atoms with van der Waals surface area (Å²) in [6.07, 6.45) is 1.44. The third-order valence-corrected chi connectivity index (χ3v) is 4.38. The van der Waals surface area contributed by atoms with Gasteiger partial charge in [-0.25, -0.2) is 0 Å². The lowest BCUT2D eigenvalue weighted by molar-refractivity contribution is -0.133. The fourth-order valence-corrected chi connectivity index (χ4v) is 2.97. The molecule has 1 fully saturated rings. The number of hydrogen-bond acceptors (Lipinski definition) is 3. The van der Waals surface area contributed by atoms with Crippen LogP contribution in [0.5, 0.6) is 0 Å². The number of hydrogen-bond donors (Lipinski definition) is 2. The van der Waals surface area contributed by atoms with E-state index in [9.17, 15) is 9.59 Å². The molecule has 0 saturated carbocycles. The smallest absolute Gasteiger partial charge is 0.249 e. The number of ether oxygens (including phenoxy) is 1. The Labute approximate surface area is 147 Å². The van der Waals surface area contributed by atoms with Crippen LogP contribution in [-0.4, -0.2) is 30.6 Å². The van der Waals surface area contributed by atoms with Gasteiger partial charge in [-0.3, -0.25) is 9.59 Å². The lowest BCUT2D eigenvalue weighted by Crippen LogP contribution is -2.49. The summed E-state index contributed by atoms with van der Waals surface area (Å²) in [5.74, 6) is -0.805. The van der Waals surface area contributed by atoms with Gasteiger partial charge in [0, 0.05) is 13.0 Å². The first-order valence-electron chi connectivity index (χ1n) is 8.49. The highest BCUT2D eigenvalue weighted by molar-refractivity contribution is 5.88. The van der Waals surface area contributed by atoms with Gasteiger partial charge in [0.1, 0.15) is 12.1 Å². The zero-order valence-electron chi connectivity index (χ0n) is 14.0. The molecule has 2 aromatic rings. The molecule has 0 radical (unpaired) electrons. The SMILES string of the molecule is NC(=O)[C@H](Cc1ccc(-c2ccccc2)cc1)NC(=O)[C@@H]1CCCO1. The Morgan fingerprint density at radius 1 is 1.08 bits per heavy atom. The molecule has 2 atom stereocenters. The molecule has 3 rings (SSSR count). The van der Waals surface area contributed by atoms with Gasteiger partial charge in [0.05, 0.1) is 0 Å². The van der Waals surface area contributed by atoms with Crippen LogP contribution in [0.4, 0.5) is 0 Å². The maximum atomic E-state index is 12.1. The predicted octanol–water partition coefficient (Wildman–Crippen LogP) is 2.05. The molecule has 1 heterocycles. The maximum absolute atomic E-state index is 12.1. The molecular formula is C20H22N2O3. The average Bonchev–Trinajstić information content (AvgIpc) is 3.17. The molecule has 1 saturated heterocycles. The zero-order valence-corrected chi connectivity index (χ0v) is 14.0. The molecule has 0 unspecified atom stereocenters. The van der Waals surface area contributed by atoms with Gasteiger partial charge in [-0.2, -0.15) is 0 Å². The molecular weight excluding hydrogens is 316 g/mol. The van der Waals surface area contributed by atoms with Crippen molar-refractivity contribution in [1.29, 1.82) is 0 Å². The van der Waals surface area contributed by atoms with Crippen molar-refractivity contribution in [3.63, 3.8) is 0 Å². The third-order valence-electron chi connectivity index (χ3n) is 4.38. The molecule has 0 bridgehead atoms. The summed E-state index contributed by atoms with van der Waals surface area (Å²) in [6, 6.07) is 17.2. The molecule has 0 aromatic heterocycles. The van der Waals surface area contributed by atoms with Crippen LogP contribution in [0.2, 0.25) is 0 Å². The van der Waals surface area contributed by atoms with E-state index in [1.165, 1.54) is 0 Å². The first-order valence-corrected chi connectivity index (χ1v) is 8.49. The molecule has 5 nitrogen and oxygen atoms in total. The molecule has 1 aliphatic rings. The van der Waals surface area contributed by atoms with Crippen LogP contribution in [0.15, 0.2) is 54.6 Å². The topological polar surface area (TPSA) is 81.4 Å². The number of rotatable bonds is 6. The first-order chi connectivity index (χ1) is 12.1. The second-order valence-corrected chi connectivity index (χ2v) is 6.23. The number of primary amides is 1. The highest BCUT2D eigenvalue weighted by atomic mass is 16.5. The van der Waals surface area contributed by atoms with Crippen LogP contribution in [0.25, 0.3) is 11.1 Å². The van der Waals surface area contributed by atoms with Crippen LogP contribution >= 0.6 is 0 Å². The highest BCUT2D eigenvalue weighted by Gasteiger charge is 2.27. The quantitative estimate of drug-likeness (QED) is 0.846. The van der Waals surface area contributed by atoms with Crippen molar-refractivity contribution in [1.82, 2.24) is 5.32 Å². The van der Waals surface area contributed by atoms with E-state index in [2.05, 4.69) is 5.32 Å². The molecule has 1 aliphatic heterocycles. The van der Waals surface area contributed by atoms with E-state index in [0.717, 1.165) is 23.1 Å². The molecule has 0 spiro atoms. The minimum absolute atomic E-state index is 0.262. The van der Waals surface area contributed by atoms with Crippen LogP contribution in [0, 0.1) is 0 Å². The van der Waals surface area contributed by atoms with E-state index in [4.69, 9.17) is 10.5 Å². The van der Waals surface area contributed by atoms with E-state index in [-0.39, 0.29) is 5.91 Å². The number of nitrogens with one attached hydrogen (secondary N) is 1. The summed E-state index contributed by atoms with van der Waals surface area (Å²) < 4.78 is 5.35. The second kappa shape index (κ2) is 7.94. The van der Waals surface area contributed by atoms with Gasteiger partial charge in [-0.1, -0.05) is 54.6 Å². The van der Waals surface area contributed by atoms with Gasteiger partial charge in [0.2, 0.25) is 11.8 Å². The Balaban J connectivity index is 1.65. The standard InChI is InChI=1S/C20H22N2O3/c21-19(23)17(22-20(24)18-7-4-12-25-18)13-14-8-10-16(11-9-14)15-5-2-1-3-6-15/h1-3,5-6,8-11,17-18H,4,7,12-13H2,(H2,21,23)(H,22,24)/t17-,18-/m0/s1. The number of carbonyl (C=O) groups excluding carboxylic acids is 2. The summed E-state index contributed by atoms with van der Waals surface area (Å²) in [4.78, 5) is 23.9. The lowest BCUT2D eigenvalue weighted by atomic mass is 10.00. The predicted molar refractivity (Wildman–Crippen MR) is 95.7 cm³/mol. The summed E-state index contributed by atoms with van der Waals surface area (Å²) in [5.41, 5.74) is 8.63. The van der Waals surface area contributed by atoms with Crippen LogP contribution in [0.1, 0.15) is 18.4 Å². The Bertz CT molecular complexity index is 722. The van der Waals surface area contributed by atoms with Crippen molar-refractivity contribution in [2.24, 2.45) is 5.73 Å². The van der Waals surface area contributed by atoms with Crippen LogP contribution in [0.3, 0.4) is 0 Å². The van der Waals surface area contributed by atoms with Gasteiger partial charge < -0.3 is 15.8 Å². The number of nitrogens with two attached hydrogens (primary N) is 1. The summed E-state index contributed by atoms with van der Waals surface area (Å²) in [6.45, 7) is 0.584. The van der Waals surface area contributed by atoms with Gasteiger partial charge in [-0.05, 0) is 29.5 Å². The van der Waals surface area contributed by atoms with E-state index in [1.54, 1.807) is 0 Å². The molecule has 5 heteroatoms. The molecule has 0 aliphatic carbocycles. The minimum Gasteiger partial charge on any atom is -0.368 e. The van der Waals surface area contributed by atoms with Crippen molar-refractivity contribution in [2.75, 3.05) is 6.61 Å². The third kappa shape index (κ3) is 4.45. The number of carbonyl (C=O) groups is 2. The fourth-order valence-electron chi connectivity index (χ4n) is 2.97. The number of benzene rings is 2. The van der Waals surface area contributed by atoms with Crippen molar-refractivity contribution in [3.8, 4) is 11.1 Å². The van der Waals surface area contributed by atoms with Crippen molar-refractivity contribution >= 4 is 11.8 Å². The maximum Gasteiger partial charge on any atom is 0.249 e. The second-order valence-electron chi connectivity index (χ2n) is 6.23. The van der Waals surface area contributed by atoms with Gasteiger partial charge >= 0.3 is 0 Å². The van der Waals surface area contributed by atoms with Crippen molar-refractivity contribution < 1.29 is 14.3 Å². The summed E-state index contributed by atoms with van der Waals surface area (Å²) >= 11 is 0. The Morgan fingerprint density at radius 2 is 1.76 bits per heavy atom. The fraction of sp³-hybridized carbons (Fsp3) is 0.300. The van der Waals surface area contributed by atoms with E-state index < -0.39 is 18.1 Å². The zero-order chi connectivity index (χ0) is 17.6. The summed E-state index contributed by atoms with van der Waals surface area (Å²) in [7, 11) is 0. The van der Waals surface area contributed by atoms with Gasteiger partial charge in [0.25, 0.3) is 0 Å². The molecule has 130 valence electrons. The normalized spacial score (nSPS) is 17.8.